The molecule has 2 aromatic rings. The highest BCUT2D eigenvalue weighted by atomic mass is 16.6. The fourth-order valence-corrected chi connectivity index (χ4v) is 3.52. The summed E-state index contributed by atoms with van der Waals surface area (Å²) >= 11 is 0. The molecule has 0 bridgehead atoms. The van der Waals surface area contributed by atoms with Crippen LogP contribution < -0.4 is 0 Å². The molecule has 1 atom stereocenters. The van der Waals surface area contributed by atoms with Crippen LogP contribution in [0.4, 0.5) is 0 Å². The maximum Gasteiger partial charge on any atom is 0.307 e. The Morgan fingerprint density at radius 3 is 2.81 bits per heavy atom. The van der Waals surface area contributed by atoms with Gasteiger partial charge in [-0.15, -0.1) is 0 Å². The highest BCUT2D eigenvalue weighted by molar-refractivity contribution is 6.12. The molecule has 6 nitrogen and oxygen atoms in total. The fourth-order valence-electron chi connectivity index (χ4n) is 3.52. The standard InChI is InChI=1S/C21H27N3O3/c1-16-7-3-4-9-18(16)20(19-10-6-11-23(19)2)22-27-14-13-24-12-5-8-17(15-24)21(25)26/h3-4,6-7,9-11,17H,5,8,12-15H2,1-2H3,(H,25,26)/b22-20+/t17-/m1/s1. The number of hydrogen-bond acceptors (Lipinski definition) is 4. The van der Waals surface area contributed by atoms with Gasteiger partial charge in [0.2, 0.25) is 0 Å². The molecule has 1 N–H and O–H groups in total. The summed E-state index contributed by atoms with van der Waals surface area (Å²) in [7, 11) is 1.99. The van der Waals surface area contributed by atoms with Crippen LogP contribution in [-0.4, -0.2) is 52.5 Å². The minimum absolute atomic E-state index is 0.270. The lowest BCUT2D eigenvalue weighted by atomic mass is 9.98. The Kier molecular flexibility index (Phi) is 6.29. The average molecular weight is 369 g/mol. The molecule has 0 aliphatic carbocycles. The van der Waals surface area contributed by atoms with Gasteiger partial charge in [0.15, 0.2) is 0 Å². The third kappa shape index (κ3) is 4.77. The third-order valence-corrected chi connectivity index (χ3v) is 5.10. The Hall–Kier alpha value is -2.60. The van der Waals surface area contributed by atoms with Crippen LogP contribution in [0.5, 0.6) is 0 Å². The summed E-state index contributed by atoms with van der Waals surface area (Å²) < 4.78 is 2.02. The number of nitrogens with zero attached hydrogens (tertiary/aromatic N) is 3. The number of piperidine rings is 1. The Bertz CT molecular complexity index is 813. The van der Waals surface area contributed by atoms with Crippen LogP contribution in [0, 0.1) is 12.8 Å². The van der Waals surface area contributed by atoms with Crippen LogP contribution in [0.15, 0.2) is 47.8 Å². The minimum Gasteiger partial charge on any atom is -0.481 e. The molecule has 1 aromatic heterocycles. The van der Waals surface area contributed by atoms with Crippen molar-refractivity contribution in [2.24, 2.45) is 18.1 Å². The second-order valence-corrected chi connectivity index (χ2v) is 7.07. The fraction of sp³-hybridized carbons (Fsp3) is 0.429. The first-order chi connectivity index (χ1) is 13.1. The van der Waals surface area contributed by atoms with Crippen molar-refractivity contribution in [2.45, 2.75) is 19.8 Å². The van der Waals surface area contributed by atoms with Crippen LogP contribution in [0.1, 0.15) is 29.7 Å². The van der Waals surface area contributed by atoms with Crippen LogP contribution in [-0.2, 0) is 16.7 Å². The minimum atomic E-state index is -0.704. The lowest BCUT2D eigenvalue weighted by Crippen LogP contribution is -2.40. The summed E-state index contributed by atoms with van der Waals surface area (Å²) in [6.07, 6.45) is 3.66. The summed E-state index contributed by atoms with van der Waals surface area (Å²) in [4.78, 5) is 19.0. The van der Waals surface area contributed by atoms with E-state index in [0.717, 1.165) is 41.9 Å². The van der Waals surface area contributed by atoms with E-state index >= 15 is 0 Å². The van der Waals surface area contributed by atoms with E-state index in [1.165, 1.54) is 0 Å². The van der Waals surface area contributed by atoms with E-state index in [9.17, 15) is 9.90 Å². The molecule has 0 spiro atoms. The molecular weight excluding hydrogens is 342 g/mol. The first kappa shape index (κ1) is 19.2. The highest BCUT2D eigenvalue weighted by Gasteiger charge is 2.25. The molecule has 1 aromatic carbocycles. The van der Waals surface area contributed by atoms with E-state index in [4.69, 9.17) is 4.84 Å². The van der Waals surface area contributed by atoms with Crippen molar-refractivity contribution in [3.63, 3.8) is 0 Å². The first-order valence-electron chi connectivity index (χ1n) is 9.39. The van der Waals surface area contributed by atoms with E-state index in [-0.39, 0.29) is 5.92 Å². The predicted molar refractivity (Wildman–Crippen MR) is 105 cm³/mol. The highest BCUT2D eigenvalue weighted by Crippen LogP contribution is 2.17. The van der Waals surface area contributed by atoms with Gasteiger partial charge in [0.25, 0.3) is 0 Å². The van der Waals surface area contributed by atoms with Crippen LogP contribution in [0.2, 0.25) is 0 Å². The van der Waals surface area contributed by atoms with Gasteiger partial charge in [-0.2, -0.15) is 0 Å². The van der Waals surface area contributed by atoms with Crippen LogP contribution in [0.3, 0.4) is 0 Å². The predicted octanol–water partition coefficient (Wildman–Crippen LogP) is 2.90. The second-order valence-electron chi connectivity index (χ2n) is 7.07. The van der Waals surface area contributed by atoms with Gasteiger partial charge in [-0.05, 0) is 44.0 Å². The largest absolute Gasteiger partial charge is 0.481 e. The lowest BCUT2D eigenvalue weighted by Gasteiger charge is -2.29. The van der Waals surface area contributed by atoms with E-state index in [1.54, 1.807) is 0 Å². The van der Waals surface area contributed by atoms with E-state index in [0.29, 0.717) is 19.7 Å². The SMILES string of the molecule is Cc1ccccc1/C(=N\OCCN1CCC[C@@H](C(=O)O)C1)c1cccn1C. The van der Waals surface area contributed by atoms with Gasteiger partial charge < -0.3 is 14.5 Å². The summed E-state index contributed by atoms with van der Waals surface area (Å²) in [6, 6.07) is 12.1. The molecule has 3 rings (SSSR count). The average Bonchev–Trinajstić information content (AvgIpc) is 3.09. The molecule has 0 saturated carbocycles. The van der Waals surface area contributed by atoms with Crippen molar-refractivity contribution in [3.8, 4) is 0 Å². The van der Waals surface area contributed by atoms with E-state index in [2.05, 4.69) is 23.0 Å². The van der Waals surface area contributed by atoms with Gasteiger partial charge in [0, 0.05) is 31.9 Å². The normalized spacial score (nSPS) is 18.4. The van der Waals surface area contributed by atoms with Gasteiger partial charge >= 0.3 is 5.97 Å². The summed E-state index contributed by atoms with van der Waals surface area (Å²) in [6.45, 7) is 4.69. The maximum atomic E-state index is 11.2. The molecule has 1 aliphatic rings. The second kappa shape index (κ2) is 8.86. The maximum absolute atomic E-state index is 11.2. The first-order valence-corrected chi connectivity index (χ1v) is 9.39. The number of carboxylic acid groups (broad SMARTS) is 1. The number of rotatable bonds is 7. The molecule has 0 amide bonds. The molecule has 6 heteroatoms. The molecule has 1 saturated heterocycles. The molecule has 2 heterocycles. The van der Waals surface area contributed by atoms with Crippen LogP contribution in [0.25, 0.3) is 0 Å². The van der Waals surface area contributed by atoms with Crippen LogP contribution >= 0.6 is 0 Å². The van der Waals surface area contributed by atoms with Gasteiger partial charge in [-0.25, -0.2) is 0 Å². The Morgan fingerprint density at radius 1 is 1.30 bits per heavy atom. The van der Waals surface area contributed by atoms with Crippen molar-refractivity contribution >= 4 is 11.7 Å². The number of aryl methyl sites for hydroxylation is 2. The number of oxime groups is 1. The quantitative estimate of drug-likeness (QED) is 0.463. The Labute approximate surface area is 160 Å². The number of likely N-dealkylation sites (tertiary alicyclic amines) is 1. The lowest BCUT2D eigenvalue weighted by molar-refractivity contribution is -0.143. The van der Waals surface area contributed by atoms with Crippen molar-refractivity contribution in [1.29, 1.82) is 0 Å². The number of benzene rings is 1. The van der Waals surface area contributed by atoms with Crippen molar-refractivity contribution in [1.82, 2.24) is 9.47 Å². The van der Waals surface area contributed by atoms with Crippen molar-refractivity contribution < 1.29 is 14.7 Å². The molecule has 0 radical (unpaired) electrons. The van der Waals surface area contributed by atoms with Gasteiger partial charge in [0.1, 0.15) is 12.3 Å². The monoisotopic (exact) mass is 369 g/mol. The number of aliphatic carboxylic acids is 1. The summed E-state index contributed by atoms with van der Waals surface area (Å²) in [5.74, 6) is -0.975. The smallest absolute Gasteiger partial charge is 0.307 e. The molecule has 1 fully saturated rings. The van der Waals surface area contributed by atoms with Crippen molar-refractivity contribution in [2.75, 3.05) is 26.2 Å². The summed E-state index contributed by atoms with van der Waals surface area (Å²) in [5, 5.41) is 13.7. The molecule has 1 aliphatic heterocycles. The van der Waals surface area contributed by atoms with Gasteiger partial charge in [-0.1, -0.05) is 29.4 Å². The molecule has 27 heavy (non-hydrogen) atoms. The molecule has 0 unspecified atom stereocenters. The van der Waals surface area contributed by atoms with Crippen molar-refractivity contribution in [3.05, 3.63) is 59.4 Å². The zero-order valence-corrected chi connectivity index (χ0v) is 16.0. The molecular formula is C21H27N3O3. The zero-order chi connectivity index (χ0) is 19.2. The third-order valence-electron chi connectivity index (χ3n) is 5.10. The Balaban J connectivity index is 1.67. The summed E-state index contributed by atoms with van der Waals surface area (Å²) in [5.41, 5.74) is 3.99. The van der Waals surface area contributed by atoms with E-state index < -0.39 is 5.97 Å². The Morgan fingerprint density at radius 2 is 2.11 bits per heavy atom. The number of carbonyl (C=O) groups is 1. The van der Waals surface area contributed by atoms with Gasteiger partial charge in [-0.3, -0.25) is 9.69 Å². The van der Waals surface area contributed by atoms with E-state index in [1.807, 2.05) is 48.1 Å². The number of hydrogen-bond donors (Lipinski definition) is 1. The topological polar surface area (TPSA) is 67.1 Å². The molecule has 144 valence electrons. The number of carboxylic acids is 1. The zero-order valence-electron chi connectivity index (χ0n) is 16.0. The van der Waals surface area contributed by atoms with Gasteiger partial charge in [0.05, 0.1) is 11.6 Å². The number of aromatic nitrogens is 1.